The molecule has 0 saturated carbocycles. The minimum Gasteiger partial charge on any atom is -0.756 e. The van der Waals surface area contributed by atoms with Crippen LogP contribution in [0.4, 0.5) is 0 Å². The molecule has 0 spiro atoms. The Bertz CT molecular complexity index is 255. The van der Waals surface area contributed by atoms with Gasteiger partial charge < -0.3 is 24.4 Å². The lowest BCUT2D eigenvalue weighted by atomic mass is 10.1. The standard InChI is InChI=1S/C5H9O7P/c6-1-2-3(7)4-5(10-2)12-13(8,9)11-4/h2-7H,1H2,(H,8,9)/p-1/t2-,3-,4-,5-/m1/s1. The highest BCUT2D eigenvalue weighted by Crippen LogP contribution is 2.52. The van der Waals surface area contributed by atoms with E-state index >= 15 is 0 Å². The minimum atomic E-state index is -4.31. The van der Waals surface area contributed by atoms with E-state index < -0.39 is 39.0 Å². The van der Waals surface area contributed by atoms with Crippen molar-refractivity contribution in [2.75, 3.05) is 6.61 Å². The van der Waals surface area contributed by atoms with E-state index in [1.807, 2.05) is 0 Å². The van der Waals surface area contributed by atoms with Gasteiger partial charge in [-0.05, 0) is 0 Å². The molecule has 0 amide bonds. The molecule has 2 rings (SSSR count). The van der Waals surface area contributed by atoms with Gasteiger partial charge in [-0.1, -0.05) is 0 Å². The van der Waals surface area contributed by atoms with Crippen LogP contribution in [-0.2, 0) is 18.3 Å². The number of phosphoric ester groups is 1. The van der Waals surface area contributed by atoms with Crippen LogP contribution in [0.15, 0.2) is 0 Å². The summed E-state index contributed by atoms with van der Waals surface area (Å²) in [5.74, 6) is 0. The van der Waals surface area contributed by atoms with Crippen molar-refractivity contribution in [2.45, 2.75) is 24.6 Å². The highest BCUT2D eigenvalue weighted by molar-refractivity contribution is 7.46. The second-order valence-electron chi connectivity index (χ2n) is 2.84. The van der Waals surface area contributed by atoms with Gasteiger partial charge in [-0.25, -0.2) is 0 Å². The number of hydrogen-bond acceptors (Lipinski definition) is 7. The average molecular weight is 211 g/mol. The van der Waals surface area contributed by atoms with E-state index in [1.54, 1.807) is 0 Å². The lowest BCUT2D eigenvalue weighted by Gasteiger charge is -2.19. The molecule has 76 valence electrons. The summed E-state index contributed by atoms with van der Waals surface area (Å²) in [6.45, 7) is -0.413. The number of phosphoric acid groups is 1. The molecule has 2 saturated heterocycles. The van der Waals surface area contributed by atoms with Gasteiger partial charge in [-0.3, -0.25) is 9.09 Å². The van der Waals surface area contributed by atoms with Crippen LogP contribution in [0.2, 0.25) is 0 Å². The molecule has 1 unspecified atom stereocenters. The highest BCUT2D eigenvalue weighted by Gasteiger charge is 2.52. The molecule has 0 radical (unpaired) electrons. The molecular weight excluding hydrogens is 203 g/mol. The van der Waals surface area contributed by atoms with E-state index in [-0.39, 0.29) is 0 Å². The van der Waals surface area contributed by atoms with Gasteiger partial charge in [0.25, 0.3) is 7.82 Å². The Morgan fingerprint density at radius 1 is 1.46 bits per heavy atom. The van der Waals surface area contributed by atoms with Crippen LogP contribution in [0.3, 0.4) is 0 Å². The van der Waals surface area contributed by atoms with Gasteiger partial charge in [-0.2, -0.15) is 0 Å². The minimum absolute atomic E-state index is 0.413. The summed E-state index contributed by atoms with van der Waals surface area (Å²) in [4.78, 5) is 10.7. The average Bonchev–Trinajstić information content (AvgIpc) is 2.47. The Hall–Kier alpha value is -0.0100. The molecular formula is C5H8O7P-. The normalized spacial score (nSPS) is 55.3. The number of ether oxygens (including phenoxy) is 1. The van der Waals surface area contributed by atoms with E-state index in [2.05, 4.69) is 9.05 Å². The van der Waals surface area contributed by atoms with Crippen molar-refractivity contribution in [3.05, 3.63) is 0 Å². The van der Waals surface area contributed by atoms with E-state index in [4.69, 9.17) is 9.84 Å². The topological polar surface area (TPSA) is 108 Å². The third-order valence-corrected chi connectivity index (χ3v) is 2.93. The maximum Gasteiger partial charge on any atom is 0.270 e. The first kappa shape index (κ1) is 9.54. The van der Waals surface area contributed by atoms with Crippen LogP contribution >= 0.6 is 7.82 Å². The van der Waals surface area contributed by atoms with Crippen molar-refractivity contribution in [3.8, 4) is 0 Å². The second-order valence-corrected chi connectivity index (χ2v) is 4.15. The Balaban J connectivity index is 2.11. The van der Waals surface area contributed by atoms with Crippen molar-refractivity contribution in [3.63, 3.8) is 0 Å². The summed E-state index contributed by atoms with van der Waals surface area (Å²) in [5.41, 5.74) is 0. The molecule has 2 heterocycles. The van der Waals surface area contributed by atoms with Crippen LogP contribution in [-0.4, -0.2) is 41.4 Å². The third-order valence-electron chi connectivity index (χ3n) is 1.96. The summed E-state index contributed by atoms with van der Waals surface area (Å²) in [6.07, 6.45) is -4.22. The summed E-state index contributed by atoms with van der Waals surface area (Å²) in [7, 11) is -4.31. The molecule has 2 aliphatic heterocycles. The predicted molar refractivity (Wildman–Crippen MR) is 35.3 cm³/mol. The first-order valence-electron chi connectivity index (χ1n) is 3.66. The van der Waals surface area contributed by atoms with Crippen LogP contribution in [0, 0.1) is 0 Å². The summed E-state index contributed by atoms with van der Waals surface area (Å²) in [5, 5.41) is 18.0. The second kappa shape index (κ2) is 2.99. The quantitative estimate of drug-likeness (QED) is 0.480. The lowest BCUT2D eigenvalue weighted by Crippen LogP contribution is -2.33. The smallest absolute Gasteiger partial charge is 0.270 e. The Morgan fingerprint density at radius 3 is 2.69 bits per heavy atom. The van der Waals surface area contributed by atoms with Crippen molar-refractivity contribution in [1.82, 2.24) is 0 Å². The zero-order valence-corrected chi connectivity index (χ0v) is 7.29. The molecule has 0 aromatic heterocycles. The first-order chi connectivity index (χ1) is 6.03. The fourth-order valence-electron chi connectivity index (χ4n) is 1.35. The molecule has 7 nitrogen and oxygen atoms in total. The van der Waals surface area contributed by atoms with Gasteiger partial charge in [0.1, 0.15) is 18.3 Å². The first-order valence-corrected chi connectivity index (χ1v) is 5.12. The highest BCUT2D eigenvalue weighted by atomic mass is 31.2. The van der Waals surface area contributed by atoms with Gasteiger partial charge in [0, 0.05) is 0 Å². The van der Waals surface area contributed by atoms with Crippen molar-refractivity contribution >= 4 is 7.82 Å². The number of aliphatic hydroxyl groups is 2. The molecule has 0 aliphatic carbocycles. The largest absolute Gasteiger partial charge is 0.756 e. The molecule has 2 aliphatic rings. The Morgan fingerprint density at radius 2 is 2.15 bits per heavy atom. The maximum atomic E-state index is 10.7. The number of hydrogen-bond donors (Lipinski definition) is 2. The van der Waals surface area contributed by atoms with Gasteiger partial charge in [-0.15, -0.1) is 0 Å². The molecule has 2 N–H and O–H groups in total. The molecule has 8 heteroatoms. The van der Waals surface area contributed by atoms with E-state index in [9.17, 15) is 14.6 Å². The van der Waals surface area contributed by atoms with Gasteiger partial charge in [0.15, 0.2) is 6.29 Å². The van der Waals surface area contributed by atoms with Crippen LogP contribution < -0.4 is 4.89 Å². The number of rotatable bonds is 1. The van der Waals surface area contributed by atoms with E-state index in [0.717, 1.165) is 0 Å². The molecule has 0 aromatic rings. The molecule has 2 fully saturated rings. The zero-order chi connectivity index (χ0) is 9.64. The molecule has 0 aromatic carbocycles. The number of aliphatic hydroxyl groups excluding tert-OH is 2. The fourth-order valence-corrected chi connectivity index (χ4v) is 2.35. The summed E-state index contributed by atoms with van der Waals surface area (Å²) in [6, 6.07) is 0. The van der Waals surface area contributed by atoms with Gasteiger partial charge in [0.2, 0.25) is 0 Å². The lowest BCUT2D eigenvalue weighted by molar-refractivity contribution is -0.225. The maximum absolute atomic E-state index is 10.7. The van der Waals surface area contributed by atoms with Gasteiger partial charge >= 0.3 is 0 Å². The fraction of sp³-hybridized carbons (Fsp3) is 1.00. The SMILES string of the molecule is O=P1([O-])O[C@H]2O[C@H](CO)[C@@H](O)[C@H]2O1. The predicted octanol–water partition coefficient (Wildman–Crippen LogP) is -2.05. The van der Waals surface area contributed by atoms with Crippen LogP contribution in [0.5, 0.6) is 0 Å². The Labute approximate surface area is 73.5 Å². The third kappa shape index (κ3) is 1.53. The molecule has 5 atom stereocenters. The van der Waals surface area contributed by atoms with Crippen molar-refractivity contribution < 1.29 is 33.5 Å². The molecule has 0 bridgehead atoms. The monoisotopic (exact) mass is 211 g/mol. The van der Waals surface area contributed by atoms with E-state index in [1.165, 1.54) is 0 Å². The van der Waals surface area contributed by atoms with E-state index in [0.29, 0.717) is 0 Å². The van der Waals surface area contributed by atoms with Gasteiger partial charge in [0.05, 0.1) is 6.61 Å². The molecule has 13 heavy (non-hydrogen) atoms. The van der Waals surface area contributed by atoms with Crippen LogP contribution in [0.25, 0.3) is 0 Å². The number of fused-ring (bicyclic) bond motifs is 1. The summed E-state index contributed by atoms with van der Waals surface area (Å²) >= 11 is 0. The zero-order valence-electron chi connectivity index (χ0n) is 6.40. The van der Waals surface area contributed by atoms with Crippen molar-refractivity contribution in [2.24, 2.45) is 0 Å². The summed E-state index contributed by atoms with van der Waals surface area (Å²) < 4.78 is 24.3. The van der Waals surface area contributed by atoms with Crippen LogP contribution in [0.1, 0.15) is 0 Å². The van der Waals surface area contributed by atoms with Crippen molar-refractivity contribution in [1.29, 1.82) is 0 Å². The Kier molecular flexibility index (Phi) is 2.20.